The van der Waals surface area contributed by atoms with Gasteiger partial charge in [-0.25, -0.2) is 22.4 Å². The van der Waals surface area contributed by atoms with E-state index in [2.05, 4.69) is 5.32 Å². The number of benzene rings is 1. The number of aryl methyl sites for hydroxylation is 1. The molecule has 0 amide bonds. The second kappa shape index (κ2) is 5.47. The smallest absolute Gasteiger partial charge is 0.339 e. The van der Waals surface area contributed by atoms with Gasteiger partial charge in [0.05, 0.1) is 6.54 Å². The molecule has 0 aliphatic heterocycles. The molecule has 4 nitrogen and oxygen atoms in total. The number of furan rings is 1. The molecule has 0 aliphatic carbocycles. The zero-order valence-corrected chi connectivity index (χ0v) is 10.6. The average molecular weight is 303 g/mol. The predicted molar refractivity (Wildman–Crippen MR) is 64.0 cm³/mol. The molecular weight excluding hydrogens is 294 g/mol. The van der Waals surface area contributed by atoms with Gasteiger partial charge in [0.2, 0.25) is 0 Å². The quantitative estimate of drug-likeness (QED) is 0.671. The van der Waals surface area contributed by atoms with E-state index >= 15 is 0 Å². The Labute approximate surface area is 116 Å². The second-order valence-electron chi connectivity index (χ2n) is 4.18. The van der Waals surface area contributed by atoms with E-state index in [9.17, 15) is 22.4 Å². The Bertz CT molecular complexity index is 686. The van der Waals surface area contributed by atoms with Crippen molar-refractivity contribution < 1.29 is 31.9 Å². The van der Waals surface area contributed by atoms with Crippen LogP contribution in [0.3, 0.4) is 0 Å². The van der Waals surface area contributed by atoms with Gasteiger partial charge in [-0.15, -0.1) is 0 Å². The van der Waals surface area contributed by atoms with Crippen LogP contribution in [-0.2, 0) is 6.54 Å². The summed E-state index contributed by atoms with van der Waals surface area (Å²) in [5.74, 6) is -7.31. The van der Waals surface area contributed by atoms with Gasteiger partial charge < -0.3 is 14.8 Å². The van der Waals surface area contributed by atoms with Crippen LogP contribution in [0.1, 0.15) is 21.9 Å². The Hall–Kier alpha value is -2.51. The number of anilines is 1. The molecule has 0 saturated heterocycles. The highest BCUT2D eigenvalue weighted by Gasteiger charge is 2.20. The molecule has 0 saturated carbocycles. The van der Waals surface area contributed by atoms with Crippen LogP contribution in [-0.4, -0.2) is 11.1 Å². The van der Waals surface area contributed by atoms with Crippen molar-refractivity contribution in [2.75, 3.05) is 5.32 Å². The number of nitrogens with one attached hydrogen (secondary N) is 1. The molecule has 112 valence electrons. The topological polar surface area (TPSA) is 62.5 Å². The Morgan fingerprint density at radius 1 is 1.19 bits per heavy atom. The summed E-state index contributed by atoms with van der Waals surface area (Å²) in [5, 5.41) is 11.0. The summed E-state index contributed by atoms with van der Waals surface area (Å²) in [5.41, 5.74) is -1.10. The first-order valence-electron chi connectivity index (χ1n) is 5.70. The molecule has 1 aromatic carbocycles. The number of carboxylic acids is 1. The maximum absolute atomic E-state index is 13.4. The molecule has 2 aromatic rings. The standard InChI is InChI=1S/C13H9F4NO3/c1-5-7(13(19)20)2-6(21-5)4-18-12-10(16)8(14)3-9(15)11(12)17/h2-3,18H,4H2,1H3,(H,19,20). The van der Waals surface area contributed by atoms with E-state index < -0.39 is 34.9 Å². The van der Waals surface area contributed by atoms with Crippen molar-refractivity contribution >= 4 is 11.7 Å². The Morgan fingerprint density at radius 3 is 2.24 bits per heavy atom. The Kier molecular flexibility index (Phi) is 3.88. The Morgan fingerprint density at radius 2 is 1.76 bits per heavy atom. The number of hydrogen-bond donors (Lipinski definition) is 2. The molecule has 0 spiro atoms. The molecule has 2 N–H and O–H groups in total. The minimum absolute atomic E-state index is 0.0494. The molecule has 0 aliphatic rings. The first kappa shape index (κ1) is 14.9. The number of hydrogen-bond acceptors (Lipinski definition) is 3. The van der Waals surface area contributed by atoms with Gasteiger partial charge in [-0.05, 0) is 13.0 Å². The van der Waals surface area contributed by atoms with Crippen LogP contribution in [0.15, 0.2) is 16.5 Å². The van der Waals surface area contributed by atoms with Gasteiger partial charge >= 0.3 is 5.97 Å². The lowest BCUT2D eigenvalue weighted by molar-refractivity contribution is 0.0695. The molecular formula is C13H9F4NO3. The zero-order chi connectivity index (χ0) is 15.7. The van der Waals surface area contributed by atoms with Crippen molar-refractivity contribution in [3.05, 3.63) is 52.5 Å². The minimum atomic E-state index is -1.57. The first-order chi connectivity index (χ1) is 9.81. The highest BCUT2D eigenvalue weighted by Crippen LogP contribution is 2.25. The molecule has 0 radical (unpaired) electrons. The van der Waals surface area contributed by atoms with Crippen LogP contribution >= 0.6 is 0 Å². The summed E-state index contributed by atoms with van der Waals surface area (Å²) in [7, 11) is 0. The SMILES string of the molecule is Cc1oc(CNc2c(F)c(F)cc(F)c2F)cc1C(=O)O. The largest absolute Gasteiger partial charge is 0.478 e. The van der Waals surface area contributed by atoms with Crippen LogP contribution in [0.4, 0.5) is 23.2 Å². The molecule has 8 heteroatoms. The lowest BCUT2D eigenvalue weighted by Gasteiger charge is -2.08. The highest BCUT2D eigenvalue weighted by molar-refractivity contribution is 5.88. The monoisotopic (exact) mass is 303 g/mol. The second-order valence-corrected chi connectivity index (χ2v) is 4.18. The molecule has 0 unspecified atom stereocenters. The fraction of sp³-hybridized carbons (Fsp3) is 0.154. The summed E-state index contributed by atoms with van der Waals surface area (Å²) in [6, 6.07) is 1.24. The van der Waals surface area contributed by atoms with Crippen molar-refractivity contribution in [2.45, 2.75) is 13.5 Å². The summed E-state index contributed by atoms with van der Waals surface area (Å²) in [4.78, 5) is 10.8. The van der Waals surface area contributed by atoms with Crippen LogP contribution in [0.5, 0.6) is 0 Å². The number of aromatic carboxylic acids is 1. The number of rotatable bonds is 4. The van der Waals surface area contributed by atoms with Gasteiger partial charge in [-0.2, -0.15) is 0 Å². The molecule has 0 bridgehead atoms. The van der Waals surface area contributed by atoms with Crippen molar-refractivity contribution in [3.63, 3.8) is 0 Å². The molecule has 0 fully saturated rings. The third-order valence-electron chi connectivity index (χ3n) is 2.75. The van der Waals surface area contributed by atoms with Crippen molar-refractivity contribution in [1.82, 2.24) is 0 Å². The number of carbonyl (C=O) groups is 1. The minimum Gasteiger partial charge on any atom is -0.478 e. The normalized spacial score (nSPS) is 10.7. The lowest BCUT2D eigenvalue weighted by atomic mass is 10.2. The van der Waals surface area contributed by atoms with Gasteiger partial charge in [0.1, 0.15) is 22.8 Å². The lowest BCUT2D eigenvalue weighted by Crippen LogP contribution is -2.06. The van der Waals surface area contributed by atoms with Gasteiger partial charge in [0.15, 0.2) is 23.3 Å². The fourth-order valence-corrected chi connectivity index (χ4v) is 1.75. The van der Waals surface area contributed by atoms with Gasteiger partial charge in [0, 0.05) is 6.07 Å². The summed E-state index contributed by atoms with van der Waals surface area (Å²) < 4.78 is 57.8. The van der Waals surface area contributed by atoms with E-state index in [-0.39, 0.29) is 29.7 Å². The van der Waals surface area contributed by atoms with Gasteiger partial charge in [0.25, 0.3) is 0 Å². The zero-order valence-electron chi connectivity index (χ0n) is 10.6. The molecule has 21 heavy (non-hydrogen) atoms. The third kappa shape index (κ3) is 2.83. The van der Waals surface area contributed by atoms with E-state index in [0.29, 0.717) is 0 Å². The van der Waals surface area contributed by atoms with Crippen LogP contribution in [0.25, 0.3) is 0 Å². The van der Waals surface area contributed by atoms with Crippen molar-refractivity contribution in [2.24, 2.45) is 0 Å². The Balaban J connectivity index is 2.25. The van der Waals surface area contributed by atoms with E-state index in [1.165, 1.54) is 6.92 Å². The number of halogens is 4. The van der Waals surface area contributed by atoms with Crippen LogP contribution < -0.4 is 5.32 Å². The van der Waals surface area contributed by atoms with E-state index in [1.807, 2.05) is 0 Å². The van der Waals surface area contributed by atoms with Crippen LogP contribution in [0.2, 0.25) is 0 Å². The van der Waals surface area contributed by atoms with Crippen molar-refractivity contribution in [1.29, 1.82) is 0 Å². The van der Waals surface area contributed by atoms with E-state index in [1.54, 1.807) is 0 Å². The third-order valence-corrected chi connectivity index (χ3v) is 2.75. The first-order valence-corrected chi connectivity index (χ1v) is 5.70. The summed E-state index contributed by atoms with van der Waals surface area (Å²) in [6.45, 7) is 1.06. The maximum Gasteiger partial charge on any atom is 0.339 e. The number of carboxylic acid groups (broad SMARTS) is 1. The molecule has 1 aromatic heterocycles. The molecule has 1 heterocycles. The van der Waals surface area contributed by atoms with Crippen molar-refractivity contribution in [3.8, 4) is 0 Å². The fourth-order valence-electron chi connectivity index (χ4n) is 1.75. The predicted octanol–water partition coefficient (Wildman–Crippen LogP) is 3.45. The van der Waals surface area contributed by atoms with E-state index in [0.717, 1.165) is 6.07 Å². The summed E-state index contributed by atoms with van der Waals surface area (Å²) in [6.07, 6.45) is 0. The maximum atomic E-state index is 13.4. The van der Waals surface area contributed by atoms with Gasteiger partial charge in [-0.1, -0.05) is 0 Å². The average Bonchev–Trinajstić information content (AvgIpc) is 2.78. The summed E-state index contributed by atoms with van der Waals surface area (Å²) >= 11 is 0. The molecule has 0 atom stereocenters. The molecule has 2 rings (SSSR count). The van der Waals surface area contributed by atoms with Crippen LogP contribution in [0, 0.1) is 30.2 Å². The van der Waals surface area contributed by atoms with Gasteiger partial charge in [-0.3, -0.25) is 0 Å². The highest BCUT2D eigenvalue weighted by atomic mass is 19.2. The van der Waals surface area contributed by atoms with E-state index in [4.69, 9.17) is 9.52 Å².